The van der Waals surface area contributed by atoms with E-state index in [4.69, 9.17) is 15.3 Å². The van der Waals surface area contributed by atoms with Gasteiger partial charge in [-0.25, -0.2) is 9.78 Å². The summed E-state index contributed by atoms with van der Waals surface area (Å²) in [5.74, 6) is 0.0576. The summed E-state index contributed by atoms with van der Waals surface area (Å²) in [6, 6.07) is 12.8. The highest BCUT2D eigenvalue weighted by molar-refractivity contribution is 5.94. The predicted molar refractivity (Wildman–Crippen MR) is 81.1 cm³/mol. The summed E-state index contributed by atoms with van der Waals surface area (Å²) in [4.78, 5) is 19.1. The van der Waals surface area contributed by atoms with Crippen LogP contribution in [0, 0.1) is 0 Å². The van der Waals surface area contributed by atoms with E-state index in [1.807, 2.05) is 24.3 Å². The highest BCUT2D eigenvalue weighted by atomic mass is 16.7. The normalized spacial score (nSPS) is 11.0. The molecule has 6 nitrogen and oxygen atoms in total. The van der Waals surface area contributed by atoms with Gasteiger partial charge in [0.25, 0.3) is 0 Å². The monoisotopic (exact) mass is 300 g/mol. The number of aryl methyl sites for hydroxylation is 1. The highest BCUT2D eigenvalue weighted by Gasteiger charge is 2.09. The standard InChI is InChI=1S/C16H17N3O3/c1-2-12-6-8-13(9-7-12)21-11-15(20)22-19-16(17)14-5-3-4-10-18-14/h3-10H,2,11H2,1H3,(H2,17,19)/p+1. The van der Waals surface area contributed by atoms with Crippen LogP contribution in [0.3, 0.4) is 0 Å². The van der Waals surface area contributed by atoms with Crippen LogP contribution < -0.4 is 15.5 Å². The lowest BCUT2D eigenvalue weighted by Gasteiger charge is -2.04. The van der Waals surface area contributed by atoms with Gasteiger partial charge in [0.2, 0.25) is 11.5 Å². The maximum Gasteiger partial charge on any atom is 0.372 e. The number of hydrogen-bond acceptors (Lipinski definition) is 4. The van der Waals surface area contributed by atoms with Crippen molar-refractivity contribution in [3.63, 3.8) is 0 Å². The van der Waals surface area contributed by atoms with Crippen molar-refractivity contribution in [2.45, 2.75) is 13.3 Å². The minimum Gasteiger partial charge on any atom is -0.482 e. The van der Waals surface area contributed by atoms with E-state index in [0.29, 0.717) is 11.4 Å². The van der Waals surface area contributed by atoms with E-state index in [2.05, 4.69) is 17.1 Å². The number of aromatic nitrogens is 1. The molecule has 0 aliphatic carbocycles. The van der Waals surface area contributed by atoms with Gasteiger partial charge in [-0.2, -0.15) is 0 Å². The van der Waals surface area contributed by atoms with E-state index in [-0.39, 0.29) is 12.4 Å². The number of nitrogens with two attached hydrogens (primary N) is 1. The van der Waals surface area contributed by atoms with Crippen molar-refractivity contribution in [2.24, 2.45) is 10.9 Å². The van der Waals surface area contributed by atoms with Crippen LogP contribution in [0.5, 0.6) is 5.75 Å². The second-order valence-electron chi connectivity index (χ2n) is 4.50. The van der Waals surface area contributed by atoms with E-state index in [9.17, 15) is 4.79 Å². The fourth-order valence-corrected chi connectivity index (χ4v) is 1.69. The maximum absolute atomic E-state index is 11.6. The topological polar surface area (TPSA) is 88.0 Å². The lowest BCUT2D eigenvalue weighted by atomic mass is 10.2. The largest absolute Gasteiger partial charge is 0.482 e. The fraction of sp³-hybridized carbons (Fsp3) is 0.188. The summed E-state index contributed by atoms with van der Waals surface area (Å²) in [6.45, 7) is 1.83. The summed E-state index contributed by atoms with van der Waals surface area (Å²) in [7, 11) is 0. The SMILES string of the molecule is CCc1ccc(OCC(=O)ON=C(N)c2cccc[nH+]2)cc1. The molecule has 0 aliphatic rings. The molecule has 0 saturated carbocycles. The van der Waals surface area contributed by atoms with Gasteiger partial charge in [-0.3, -0.25) is 0 Å². The molecule has 0 spiro atoms. The third kappa shape index (κ3) is 4.59. The summed E-state index contributed by atoms with van der Waals surface area (Å²) in [6.07, 6.45) is 2.65. The summed E-state index contributed by atoms with van der Waals surface area (Å²) >= 11 is 0. The van der Waals surface area contributed by atoms with Crippen molar-refractivity contribution in [1.82, 2.24) is 0 Å². The molecular formula is C16H18N3O3+. The number of ether oxygens (including phenoxy) is 1. The number of hydrogen-bond donors (Lipinski definition) is 1. The number of aromatic amines is 1. The number of H-pyrrole nitrogens is 1. The molecule has 114 valence electrons. The van der Waals surface area contributed by atoms with Gasteiger partial charge in [-0.05, 0) is 30.2 Å². The molecule has 0 fully saturated rings. The lowest BCUT2D eigenvalue weighted by Crippen LogP contribution is -2.25. The first-order valence-electron chi connectivity index (χ1n) is 6.91. The Morgan fingerprint density at radius 2 is 2.00 bits per heavy atom. The molecule has 0 radical (unpaired) electrons. The molecule has 2 aromatic rings. The van der Waals surface area contributed by atoms with Crippen LogP contribution in [-0.2, 0) is 16.1 Å². The number of amidine groups is 1. The van der Waals surface area contributed by atoms with E-state index in [0.717, 1.165) is 6.42 Å². The molecule has 0 amide bonds. The minimum atomic E-state index is -0.626. The van der Waals surface area contributed by atoms with Crippen molar-refractivity contribution in [3.8, 4) is 5.75 Å². The summed E-state index contributed by atoms with van der Waals surface area (Å²) in [5, 5.41) is 3.57. The average Bonchev–Trinajstić information content (AvgIpc) is 2.59. The highest BCUT2D eigenvalue weighted by Crippen LogP contribution is 2.12. The van der Waals surface area contributed by atoms with Gasteiger partial charge in [-0.1, -0.05) is 24.2 Å². The molecule has 0 bridgehead atoms. The van der Waals surface area contributed by atoms with E-state index in [1.165, 1.54) is 5.56 Å². The van der Waals surface area contributed by atoms with Gasteiger partial charge in [0.05, 0.1) is 0 Å². The number of benzene rings is 1. The Hall–Kier alpha value is -2.89. The quantitative estimate of drug-likeness (QED) is 0.377. The van der Waals surface area contributed by atoms with Gasteiger partial charge >= 0.3 is 5.97 Å². The third-order valence-electron chi connectivity index (χ3n) is 2.92. The van der Waals surface area contributed by atoms with Crippen LogP contribution in [0.2, 0.25) is 0 Å². The van der Waals surface area contributed by atoms with Crippen LogP contribution in [0.1, 0.15) is 18.2 Å². The van der Waals surface area contributed by atoms with E-state index in [1.54, 1.807) is 24.4 Å². The van der Waals surface area contributed by atoms with Crippen molar-refractivity contribution in [1.29, 1.82) is 0 Å². The average molecular weight is 300 g/mol. The number of rotatable bonds is 6. The van der Waals surface area contributed by atoms with Crippen molar-refractivity contribution >= 4 is 11.8 Å². The van der Waals surface area contributed by atoms with Crippen molar-refractivity contribution in [2.75, 3.05) is 6.61 Å². The zero-order valence-electron chi connectivity index (χ0n) is 12.3. The Morgan fingerprint density at radius 1 is 1.23 bits per heavy atom. The molecule has 0 saturated heterocycles. The van der Waals surface area contributed by atoms with E-state index >= 15 is 0 Å². The summed E-state index contributed by atoms with van der Waals surface area (Å²) in [5.41, 5.74) is 7.45. The summed E-state index contributed by atoms with van der Waals surface area (Å²) < 4.78 is 5.31. The van der Waals surface area contributed by atoms with Crippen LogP contribution >= 0.6 is 0 Å². The van der Waals surface area contributed by atoms with Gasteiger partial charge in [0.1, 0.15) is 5.75 Å². The predicted octanol–water partition coefficient (Wildman–Crippen LogP) is 1.31. The molecule has 6 heteroatoms. The Bertz CT molecular complexity index is 639. The lowest BCUT2D eigenvalue weighted by molar-refractivity contribution is -0.380. The molecule has 0 aliphatic heterocycles. The Balaban J connectivity index is 1.82. The van der Waals surface area contributed by atoms with Crippen LogP contribution in [0.25, 0.3) is 0 Å². The smallest absolute Gasteiger partial charge is 0.372 e. The van der Waals surface area contributed by atoms with Crippen molar-refractivity contribution < 1.29 is 19.4 Å². The second-order valence-corrected chi connectivity index (χ2v) is 4.50. The fourth-order valence-electron chi connectivity index (χ4n) is 1.69. The zero-order valence-corrected chi connectivity index (χ0v) is 12.3. The molecule has 1 aromatic carbocycles. The Labute approximate surface area is 128 Å². The van der Waals surface area contributed by atoms with Gasteiger partial charge in [-0.15, -0.1) is 0 Å². The molecule has 2 rings (SSSR count). The van der Waals surface area contributed by atoms with Gasteiger partial charge in [0.15, 0.2) is 12.8 Å². The number of nitrogens with zero attached hydrogens (tertiary/aromatic N) is 1. The number of carbonyl (C=O) groups excluding carboxylic acids is 1. The van der Waals surface area contributed by atoms with Gasteiger partial charge < -0.3 is 15.3 Å². The van der Waals surface area contributed by atoms with Crippen LogP contribution in [-0.4, -0.2) is 18.4 Å². The first-order chi connectivity index (χ1) is 10.7. The first kappa shape index (κ1) is 15.5. The molecule has 1 aromatic heterocycles. The van der Waals surface area contributed by atoms with Crippen LogP contribution in [0.4, 0.5) is 0 Å². The van der Waals surface area contributed by atoms with E-state index < -0.39 is 5.97 Å². The number of oxime groups is 1. The number of nitrogens with one attached hydrogen (secondary N) is 1. The Morgan fingerprint density at radius 3 is 2.64 bits per heavy atom. The second kappa shape index (κ2) is 7.78. The maximum atomic E-state index is 11.6. The van der Waals surface area contributed by atoms with Crippen LogP contribution in [0.15, 0.2) is 53.8 Å². The number of carbonyl (C=O) groups is 1. The van der Waals surface area contributed by atoms with Crippen molar-refractivity contribution in [3.05, 3.63) is 59.9 Å². The molecule has 0 atom stereocenters. The first-order valence-corrected chi connectivity index (χ1v) is 6.91. The minimum absolute atomic E-state index is 0.0845. The molecular weight excluding hydrogens is 282 g/mol. The third-order valence-corrected chi connectivity index (χ3v) is 2.92. The van der Waals surface area contributed by atoms with Gasteiger partial charge in [0, 0.05) is 12.1 Å². The molecule has 22 heavy (non-hydrogen) atoms. The zero-order chi connectivity index (χ0) is 15.8. The Kier molecular flexibility index (Phi) is 5.48. The molecule has 1 heterocycles. The molecule has 3 N–H and O–H groups in total. The molecule has 0 unspecified atom stereocenters. The number of pyridine rings is 1.